The molecule has 0 saturated carbocycles. The number of amides is 1. The molecule has 1 aliphatic heterocycles. The van der Waals surface area contributed by atoms with Crippen molar-refractivity contribution in [3.8, 4) is 10.4 Å². The summed E-state index contributed by atoms with van der Waals surface area (Å²) in [5.41, 5.74) is 2.10. The van der Waals surface area contributed by atoms with Crippen molar-refractivity contribution in [3.63, 3.8) is 0 Å². The van der Waals surface area contributed by atoms with E-state index in [0.717, 1.165) is 16.0 Å². The molecule has 1 amide bonds. The minimum Gasteiger partial charge on any atom is -0.462 e. The average molecular weight is 534 g/mol. The highest BCUT2D eigenvalue weighted by Gasteiger charge is 2.30. The zero-order valence-corrected chi connectivity index (χ0v) is 22.0. The smallest absolute Gasteiger partial charge is 0.341 e. The molecule has 1 aliphatic rings. The Morgan fingerprint density at radius 2 is 1.77 bits per heavy atom. The van der Waals surface area contributed by atoms with E-state index in [9.17, 15) is 18.0 Å². The summed E-state index contributed by atoms with van der Waals surface area (Å²) >= 11 is 2.55. The highest BCUT2D eigenvalue weighted by atomic mass is 32.2. The second kappa shape index (κ2) is 11.0. The van der Waals surface area contributed by atoms with Gasteiger partial charge in [0.2, 0.25) is 5.91 Å². The van der Waals surface area contributed by atoms with Crippen molar-refractivity contribution in [3.05, 3.63) is 59.0 Å². The quantitative estimate of drug-likeness (QED) is 0.441. The minimum absolute atomic E-state index is 0.104. The van der Waals surface area contributed by atoms with Crippen LogP contribution in [-0.4, -0.2) is 68.8 Å². The highest BCUT2D eigenvalue weighted by Crippen LogP contribution is 2.40. The molecule has 4 rings (SSSR count). The topological polar surface area (TPSA) is 96.0 Å². The molecule has 2 aromatic heterocycles. The van der Waals surface area contributed by atoms with Crippen molar-refractivity contribution < 1.29 is 22.7 Å². The largest absolute Gasteiger partial charge is 0.462 e. The Kier molecular flexibility index (Phi) is 8.02. The predicted octanol–water partition coefficient (Wildman–Crippen LogP) is 3.91. The molecule has 8 nitrogen and oxygen atoms in total. The normalized spacial score (nSPS) is 15.1. The van der Waals surface area contributed by atoms with Gasteiger partial charge in [0.05, 0.1) is 18.7 Å². The lowest BCUT2D eigenvalue weighted by atomic mass is 10.1. The van der Waals surface area contributed by atoms with Gasteiger partial charge in [-0.3, -0.25) is 9.69 Å². The van der Waals surface area contributed by atoms with Gasteiger partial charge in [-0.1, -0.05) is 36.4 Å². The lowest BCUT2D eigenvalue weighted by Gasteiger charge is -2.33. The first kappa shape index (κ1) is 25.5. The van der Waals surface area contributed by atoms with Crippen LogP contribution in [-0.2, 0) is 19.6 Å². The second-order valence-corrected chi connectivity index (χ2v) is 12.1. The molecular weight excluding hydrogens is 506 g/mol. The molecule has 0 radical (unpaired) electrons. The Labute approximate surface area is 213 Å². The molecule has 186 valence electrons. The number of esters is 1. The van der Waals surface area contributed by atoms with Crippen molar-refractivity contribution >= 4 is 49.6 Å². The standard InChI is InChI=1S/C24H27N3O5S3/c1-3-32-24(29)21-17(2)22(18-8-5-4-6-9-18)34-23(21)25-19(28)16-26-11-13-27(14-12-26)35(30,31)20-10-7-15-33-20/h4-10,15H,3,11-14,16H2,1-2H3,(H,25,28). The van der Waals surface area contributed by atoms with Crippen molar-refractivity contribution in [2.24, 2.45) is 0 Å². The zero-order chi connectivity index (χ0) is 25.0. The summed E-state index contributed by atoms with van der Waals surface area (Å²) in [6.45, 7) is 5.47. The number of hydrogen-bond donors (Lipinski definition) is 1. The van der Waals surface area contributed by atoms with E-state index in [4.69, 9.17) is 4.74 Å². The Bertz CT molecular complexity index is 1280. The van der Waals surface area contributed by atoms with Crippen LogP contribution in [0.15, 0.2) is 52.1 Å². The molecule has 0 unspecified atom stereocenters. The number of carbonyl (C=O) groups is 2. The van der Waals surface area contributed by atoms with Gasteiger partial charge in [-0.15, -0.1) is 22.7 Å². The SMILES string of the molecule is CCOC(=O)c1c(NC(=O)CN2CCN(S(=O)(=O)c3cccs3)CC2)sc(-c2ccccc2)c1C. The molecule has 3 heterocycles. The van der Waals surface area contributed by atoms with Crippen LogP contribution in [0.25, 0.3) is 10.4 Å². The third kappa shape index (κ3) is 5.65. The van der Waals surface area contributed by atoms with E-state index in [-0.39, 0.29) is 19.1 Å². The van der Waals surface area contributed by atoms with Crippen molar-refractivity contribution in [2.75, 3.05) is 44.6 Å². The maximum absolute atomic E-state index is 12.9. The van der Waals surface area contributed by atoms with Crippen molar-refractivity contribution in [1.82, 2.24) is 9.21 Å². The van der Waals surface area contributed by atoms with E-state index >= 15 is 0 Å². The molecule has 1 N–H and O–H groups in total. The molecule has 0 bridgehead atoms. The predicted molar refractivity (Wildman–Crippen MR) is 139 cm³/mol. The van der Waals surface area contributed by atoms with Crippen LogP contribution < -0.4 is 5.32 Å². The first-order valence-electron chi connectivity index (χ1n) is 11.2. The first-order chi connectivity index (χ1) is 16.8. The van der Waals surface area contributed by atoms with E-state index in [1.165, 1.54) is 27.0 Å². The number of sulfonamides is 1. The number of nitrogens with one attached hydrogen (secondary N) is 1. The number of rotatable bonds is 8. The molecule has 1 fully saturated rings. The van der Waals surface area contributed by atoms with E-state index in [1.807, 2.05) is 42.2 Å². The van der Waals surface area contributed by atoms with Crippen LogP contribution in [0.4, 0.5) is 5.00 Å². The van der Waals surface area contributed by atoms with Crippen molar-refractivity contribution in [1.29, 1.82) is 0 Å². The van der Waals surface area contributed by atoms with Gasteiger partial charge < -0.3 is 10.1 Å². The van der Waals surface area contributed by atoms with E-state index < -0.39 is 16.0 Å². The van der Waals surface area contributed by atoms with Gasteiger partial charge >= 0.3 is 5.97 Å². The Morgan fingerprint density at radius 3 is 2.40 bits per heavy atom. The van der Waals surface area contributed by atoms with Crippen LogP contribution in [0.5, 0.6) is 0 Å². The fourth-order valence-corrected chi connectivity index (χ4v) is 7.73. The molecule has 0 spiro atoms. The van der Waals surface area contributed by atoms with Crippen LogP contribution in [0.2, 0.25) is 0 Å². The summed E-state index contributed by atoms with van der Waals surface area (Å²) in [5.74, 6) is -0.725. The second-order valence-electron chi connectivity index (χ2n) is 8.01. The fourth-order valence-electron chi connectivity index (χ4n) is 3.95. The summed E-state index contributed by atoms with van der Waals surface area (Å²) in [5, 5.41) is 5.10. The van der Waals surface area contributed by atoms with Gasteiger partial charge in [-0.05, 0) is 36.4 Å². The summed E-state index contributed by atoms with van der Waals surface area (Å²) in [6.07, 6.45) is 0. The van der Waals surface area contributed by atoms with Crippen LogP contribution in [0.3, 0.4) is 0 Å². The lowest BCUT2D eigenvalue weighted by Crippen LogP contribution is -2.50. The molecule has 35 heavy (non-hydrogen) atoms. The van der Waals surface area contributed by atoms with Gasteiger partial charge in [0.1, 0.15) is 9.21 Å². The summed E-state index contributed by atoms with van der Waals surface area (Å²) in [7, 11) is -3.49. The summed E-state index contributed by atoms with van der Waals surface area (Å²) in [4.78, 5) is 28.4. The molecular formula is C24H27N3O5S3. The molecule has 3 aromatic rings. The maximum atomic E-state index is 12.9. The molecule has 1 aromatic carbocycles. The lowest BCUT2D eigenvalue weighted by molar-refractivity contribution is -0.117. The van der Waals surface area contributed by atoms with Gasteiger partial charge in [-0.25, -0.2) is 13.2 Å². The number of nitrogens with zero attached hydrogens (tertiary/aromatic N) is 2. The monoisotopic (exact) mass is 533 g/mol. The fraction of sp³-hybridized carbons (Fsp3) is 0.333. The average Bonchev–Trinajstić information content (AvgIpc) is 3.49. The Balaban J connectivity index is 1.44. The molecule has 1 saturated heterocycles. The Hall–Kier alpha value is -2.57. The van der Waals surface area contributed by atoms with E-state index in [2.05, 4.69) is 5.32 Å². The zero-order valence-electron chi connectivity index (χ0n) is 19.5. The van der Waals surface area contributed by atoms with Gasteiger partial charge in [0.15, 0.2) is 0 Å². The maximum Gasteiger partial charge on any atom is 0.341 e. The van der Waals surface area contributed by atoms with Gasteiger partial charge in [0.25, 0.3) is 10.0 Å². The van der Waals surface area contributed by atoms with Crippen LogP contribution in [0, 0.1) is 6.92 Å². The highest BCUT2D eigenvalue weighted by molar-refractivity contribution is 7.91. The van der Waals surface area contributed by atoms with Crippen LogP contribution in [0.1, 0.15) is 22.8 Å². The van der Waals surface area contributed by atoms with Crippen molar-refractivity contribution in [2.45, 2.75) is 18.1 Å². The number of ether oxygens (including phenoxy) is 1. The number of thiophene rings is 2. The van der Waals surface area contributed by atoms with Gasteiger partial charge in [0, 0.05) is 31.1 Å². The van der Waals surface area contributed by atoms with E-state index in [1.54, 1.807) is 24.4 Å². The summed E-state index contributed by atoms with van der Waals surface area (Å²) < 4.78 is 32.5. The molecule has 0 aliphatic carbocycles. The summed E-state index contributed by atoms with van der Waals surface area (Å²) in [6, 6.07) is 13.0. The van der Waals surface area contributed by atoms with Crippen LogP contribution >= 0.6 is 22.7 Å². The minimum atomic E-state index is -3.49. The number of hydrogen-bond acceptors (Lipinski definition) is 8. The Morgan fingerprint density at radius 1 is 1.06 bits per heavy atom. The van der Waals surface area contributed by atoms with Gasteiger partial charge in [-0.2, -0.15) is 4.31 Å². The number of piperazine rings is 1. The first-order valence-corrected chi connectivity index (χ1v) is 14.4. The number of benzene rings is 1. The number of carbonyl (C=O) groups excluding carboxylic acids is 2. The van der Waals surface area contributed by atoms with E-state index in [0.29, 0.717) is 41.0 Å². The molecule has 0 atom stereocenters. The third-order valence-electron chi connectivity index (χ3n) is 5.70. The molecule has 11 heteroatoms. The third-order valence-corrected chi connectivity index (χ3v) is 10.2. The number of anilines is 1.